The number of nitrogens with one attached hydrogen (secondary N) is 1. The maximum Gasteiger partial charge on any atom is 0.472 e. The number of aliphatic carboxylic acids is 1. The second-order valence-electron chi connectivity index (χ2n) is 12.4. The molecule has 12 heteroatoms. The summed E-state index contributed by atoms with van der Waals surface area (Å²) in [6, 6.07) is -1.54. The van der Waals surface area contributed by atoms with E-state index in [1.165, 1.54) is 64.2 Å². The van der Waals surface area contributed by atoms with Gasteiger partial charge < -0.3 is 25.2 Å². The molecule has 0 rings (SSSR count). The summed E-state index contributed by atoms with van der Waals surface area (Å²) in [6.07, 6.45) is 26.8. The molecule has 0 spiro atoms. The molecule has 1 amide bonds. The van der Waals surface area contributed by atoms with Gasteiger partial charge in [0, 0.05) is 12.8 Å². The minimum Gasteiger partial charge on any atom is -0.480 e. The Kier molecular flexibility index (Phi) is 30.3. The lowest BCUT2D eigenvalue weighted by Gasteiger charge is -2.18. The Morgan fingerprint density at radius 3 is 1.62 bits per heavy atom. The molecule has 0 bridgehead atoms. The van der Waals surface area contributed by atoms with Crippen molar-refractivity contribution in [2.75, 3.05) is 19.8 Å². The molecule has 4 N–H and O–H groups in total. The third-order valence-electron chi connectivity index (χ3n) is 7.80. The number of aliphatic hydroxyl groups is 1. The summed E-state index contributed by atoms with van der Waals surface area (Å²) in [7, 11) is -4.74. The highest BCUT2D eigenvalue weighted by atomic mass is 31.2. The smallest absolute Gasteiger partial charge is 0.472 e. The van der Waals surface area contributed by atoms with Crippen LogP contribution >= 0.6 is 7.82 Å². The molecular weight excluding hydrogens is 625 g/mol. The van der Waals surface area contributed by atoms with Gasteiger partial charge in [0.25, 0.3) is 0 Å². The van der Waals surface area contributed by atoms with Gasteiger partial charge in [-0.1, -0.05) is 122 Å². The van der Waals surface area contributed by atoms with E-state index in [4.69, 9.17) is 13.8 Å². The molecule has 0 aromatic carbocycles. The van der Waals surface area contributed by atoms with Crippen LogP contribution in [-0.4, -0.2) is 64.9 Å². The number of rotatable bonds is 34. The van der Waals surface area contributed by atoms with E-state index in [1.807, 2.05) is 0 Å². The van der Waals surface area contributed by atoms with Crippen molar-refractivity contribution in [3.63, 3.8) is 0 Å². The standard InChI is InChI=1S/C35H66NO10P/c1-3-5-7-9-11-13-14-15-16-17-19-20-22-24-26-33(38)36-32(35(40)41)30-46-47(42,43)45-29-31(37)28-44-34(39)27-25-23-21-18-12-10-8-6-4-2/h14-15,31-32,37H,3-13,16-30H2,1-2H3,(H,36,38)(H,40,41)(H,42,43)/b15-14-. The summed E-state index contributed by atoms with van der Waals surface area (Å²) in [4.78, 5) is 45.5. The predicted molar refractivity (Wildman–Crippen MR) is 185 cm³/mol. The van der Waals surface area contributed by atoms with Gasteiger partial charge in [-0.3, -0.25) is 18.6 Å². The van der Waals surface area contributed by atoms with Crippen LogP contribution in [0.5, 0.6) is 0 Å². The minimum absolute atomic E-state index is 0.138. The van der Waals surface area contributed by atoms with Crippen LogP contribution in [0.3, 0.4) is 0 Å². The number of unbranched alkanes of at least 4 members (excludes halogenated alkanes) is 18. The van der Waals surface area contributed by atoms with E-state index < -0.39 is 57.6 Å². The van der Waals surface area contributed by atoms with Gasteiger partial charge in [-0.05, 0) is 38.5 Å². The van der Waals surface area contributed by atoms with E-state index in [9.17, 15) is 34.1 Å². The van der Waals surface area contributed by atoms with E-state index >= 15 is 0 Å². The zero-order valence-electron chi connectivity index (χ0n) is 29.3. The Morgan fingerprint density at radius 2 is 1.11 bits per heavy atom. The van der Waals surface area contributed by atoms with E-state index in [1.54, 1.807) is 0 Å². The van der Waals surface area contributed by atoms with Crippen LogP contribution in [0.2, 0.25) is 0 Å². The Bertz CT molecular complexity index is 869. The number of carbonyl (C=O) groups excluding carboxylic acids is 2. The molecule has 0 saturated heterocycles. The zero-order valence-corrected chi connectivity index (χ0v) is 30.2. The van der Waals surface area contributed by atoms with E-state index in [2.05, 4.69) is 31.3 Å². The molecule has 0 aliphatic heterocycles. The highest BCUT2D eigenvalue weighted by Crippen LogP contribution is 2.43. The fraction of sp³-hybridized carbons (Fsp3) is 0.857. The molecule has 0 aromatic rings. The van der Waals surface area contributed by atoms with Gasteiger partial charge in [0.05, 0.1) is 13.2 Å². The van der Waals surface area contributed by atoms with Gasteiger partial charge in [0.15, 0.2) is 6.04 Å². The van der Waals surface area contributed by atoms with Gasteiger partial charge in [0.1, 0.15) is 12.7 Å². The summed E-state index contributed by atoms with van der Waals surface area (Å²) in [5.74, 6) is -2.38. The van der Waals surface area contributed by atoms with Crippen molar-refractivity contribution in [2.45, 2.75) is 174 Å². The van der Waals surface area contributed by atoms with Gasteiger partial charge in [-0.25, -0.2) is 9.36 Å². The van der Waals surface area contributed by atoms with Gasteiger partial charge in [-0.15, -0.1) is 0 Å². The molecule has 0 fully saturated rings. The maximum atomic E-state index is 12.2. The average molecular weight is 692 g/mol. The number of ether oxygens (including phenoxy) is 1. The van der Waals surface area contributed by atoms with Crippen molar-refractivity contribution in [1.82, 2.24) is 5.32 Å². The quantitative estimate of drug-likeness (QED) is 0.0224. The van der Waals surface area contributed by atoms with Crippen LogP contribution in [0.15, 0.2) is 12.2 Å². The Hall–Kier alpha value is -1.78. The van der Waals surface area contributed by atoms with E-state index in [-0.39, 0.29) is 12.8 Å². The first-order valence-electron chi connectivity index (χ1n) is 18.2. The summed E-state index contributed by atoms with van der Waals surface area (Å²) < 4.78 is 26.6. The van der Waals surface area contributed by atoms with E-state index in [0.717, 1.165) is 57.8 Å². The van der Waals surface area contributed by atoms with Crippen molar-refractivity contribution in [3.05, 3.63) is 12.2 Å². The Labute approximate surface area is 284 Å². The first-order chi connectivity index (χ1) is 22.6. The lowest BCUT2D eigenvalue weighted by atomic mass is 10.1. The molecule has 0 saturated carbocycles. The molecule has 0 radical (unpaired) electrons. The second-order valence-corrected chi connectivity index (χ2v) is 13.9. The number of amides is 1. The van der Waals surface area contributed by atoms with Crippen molar-refractivity contribution in [2.24, 2.45) is 0 Å². The number of carbonyl (C=O) groups is 3. The number of phosphoric ester groups is 1. The lowest BCUT2D eigenvalue weighted by Crippen LogP contribution is -2.43. The number of esters is 1. The average Bonchev–Trinajstić information content (AvgIpc) is 3.04. The zero-order chi connectivity index (χ0) is 35.0. The molecule has 3 unspecified atom stereocenters. The second kappa shape index (κ2) is 31.5. The Morgan fingerprint density at radius 1 is 0.660 bits per heavy atom. The maximum absolute atomic E-state index is 12.2. The number of allylic oxidation sites excluding steroid dienone is 2. The van der Waals surface area contributed by atoms with Crippen molar-refractivity contribution < 1.29 is 47.8 Å². The number of hydrogen-bond acceptors (Lipinski definition) is 8. The number of carboxylic acid groups (broad SMARTS) is 1. The van der Waals surface area contributed by atoms with E-state index in [0.29, 0.717) is 12.8 Å². The molecule has 0 aromatic heterocycles. The summed E-state index contributed by atoms with van der Waals surface area (Å²) in [5, 5.41) is 21.7. The lowest BCUT2D eigenvalue weighted by molar-refractivity contribution is -0.147. The molecule has 276 valence electrons. The minimum atomic E-state index is -4.74. The topological polar surface area (TPSA) is 169 Å². The number of hydrogen-bond donors (Lipinski definition) is 4. The molecule has 3 atom stereocenters. The first kappa shape index (κ1) is 45.2. The van der Waals surface area contributed by atoms with Gasteiger partial charge in [0.2, 0.25) is 5.91 Å². The Balaban J connectivity index is 4.01. The molecule has 0 heterocycles. The third kappa shape index (κ3) is 31.3. The van der Waals surface area contributed by atoms with Crippen LogP contribution < -0.4 is 5.32 Å². The molecule has 47 heavy (non-hydrogen) atoms. The molecular formula is C35H66NO10P. The van der Waals surface area contributed by atoms with Gasteiger partial charge in [-0.2, -0.15) is 0 Å². The van der Waals surface area contributed by atoms with Crippen LogP contribution in [-0.2, 0) is 32.7 Å². The summed E-state index contributed by atoms with van der Waals surface area (Å²) in [5.41, 5.74) is 0. The molecule has 0 aliphatic rings. The SMILES string of the molecule is CCCCCCC/C=C\CCCCCCCC(=O)NC(COP(=O)(O)OCC(O)COC(=O)CCCCCCCCCCC)C(=O)O. The predicted octanol–water partition coefficient (Wildman–Crippen LogP) is 8.16. The fourth-order valence-electron chi connectivity index (χ4n) is 4.90. The monoisotopic (exact) mass is 691 g/mol. The van der Waals surface area contributed by atoms with Crippen LogP contribution in [0.25, 0.3) is 0 Å². The number of carboxylic acids is 1. The van der Waals surface area contributed by atoms with Gasteiger partial charge >= 0.3 is 19.8 Å². The summed E-state index contributed by atoms with van der Waals surface area (Å²) in [6.45, 7) is 2.52. The molecule has 11 nitrogen and oxygen atoms in total. The van der Waals surface area contributed by atoms with Crippen LogP contribution in [0, 0.1) is 0 Å². The molecule has 0 aliphatic carbocycles. The first-order valence-corrected chi connectivity index (χ1v) is 19.7. The van der Waals surface area contributed by atoms with Crippen molar-refractivity contribution in [1.29, 1.82) is 0 Å². The fourth-order valence-corrected chi connectivity index (χ4v) is 5.67. The summed E-state index contributed by atoms with van der Waals surface area (Å²) >= 11 is 0. The van der Waals surface area contributed by atoms with Crippen molar-refractivity contribution in [3.8, 4) is 0 Å². The number of aliphatic hydroxyl groups excluding tert-OH is 1. The number of phosphoric acid groups is 1. The third-order valence-corrected chi connectivity index (χ3v) is 8.76. The highest BCUT2D eigenvalue weighted by molar-refractivity contribution is 7.47. The van der Waals surface area contributed by atoms with Crippen LogP contribution in [0.4, 0.5) is 0 Å². The largest absolute Gasteiger partial charge is 0.480 e. The highest BCUT2D eigenvalue weighted by Gasteiger charge is 2.28. The van der Waals surface area contributed by atoms with Crippen molar-refractivity contribution >= 4 is 25.7 Å². The normalized spacial score (nSPS) is 14.1. The van der Waals surface area contributed by atoms with Crippen LogP contribution in [0.1, 0.15) is 162 Å².